The second-order valence-corrected chi connectivity index (χ2v) is 8.83. The number of fused-ring (bicyclic) bond motifs is 2. The summed E-state index contributed by atoms with van der Waals surface area (Å²) < 4.78 is 15.6. The van der Waals surface area contributed by atoms with Crippen molar-refractivity contribution in [1.29, 1.82) is 0 Å². The van der Waals surface area contributed by atoms with Crippen LogP contribution in [0.4, 0.5) is 4.39 Å². The zero-order chi connectivity index (χ0) is 22.2. The Labute approximate surface area is 185 Å². The maximum Gasteiger partial charge on any atom is 0.277 e. The van der Waals surface area contributed by atoms with Gasteiger partial charge in [-0.25, -0.2) is 13.9 Å². The summed E-state index contributed by atoms with van der Waals surface area (Å²) in [6.45, 7) is 5.08. The molecule has 1 atom stereocenters. The first-order valence-electron chi connectivity index (χ1n) is 11.4. The highest BCUT2D eigenvalue weighted by Crippen LogP contribution is 2.28. The summed E-state index contributed by atoms with van der Waals surface area (Å²) in [5, 5.41) is 3.28. The van der Waals surface area contributed by atoms with E-state index in [4.69, 9.17) is 4.98 Å². The predicted octanol–water partition coefficient (Wildman–Crippen LogP) is 2.84. The van der Waals surface area contributed by atoms with Gasteiger partial charge in [-0.05, 0) is 25.5 Å². The second-order valence-electron chi connectivity index (χ2n) is 8.83. The molecule has 0 bridgehead atoms. The standard InChI is InChI=1S/C24H28FN5O2/c1-2-23(31)29-11-9-20-18(15-29)24(32)30-22(26-20)12-21(27-30)17-7-5-10-28(14-17)13-16-6-3-4-8-19(16)25/h3-4,6,8,12,17,27H,2,5,7,9-11,13-15H2,1H3/t17-/m1/s1. The van der Waals surface area contributed by atoms with Gasteiger partial charge in [0.05, 0.1) is 17.8 Å². The van der Waals surface area contributed by atoms with Crippen molar-refractivity contribution in [3.05, 3.63) is 69.0 Å². The van der Waals surface area contributed by atoms with Crippen LogP contribution >= 0.6 is 0 Å². The average molecular weight is 438 g/mol. The number of benzene rings is 1. The smallest absolute Gasteiger partial charge is 0.277 e. The van der Waals surface area contributed by atoms with E-state index in [0.717, 1.165) is 37.3 Å². The summed E-state index contributed by atoms with van der Waals surface area (Å²) in [6.07, 6.45) is 3.06. The van der Waals surface area contributed by atoms with Crippen LogP contribution in [-0.2, 0) is 24.3 Å². The highest BCUT2D eigenvalue weighted by molar-refractivity contribution is 5.76. The Kier molecular flexibility index (Phi) is 5.55. The van der Waals surface area contributed by atoms with Crippen molar-refractivity contribution in [1.82, 2.24) is 24.4 Å². The minimum atomic E-state index is -0.169. The largest absolute Gasteiger partial charge is 0.338 e. The SMILES string of the molecule is CCC(=O)N1CCc2nc3cc([C@@H]4CCCN(Cc5ccccc5F)C4)[nH]n3c(=O)c2C1. The summed E-state index contributed by atoms with van der Waals surface area (Å²) >= 11 is 0. The van der Waals surface area contributed by atoms with Gasteiger partial charge in [-0.2, -0.15) is 0 Å². The Morgan fingerprint density at radius 1 is 1.28 bits per heavy atom. The molecule has 0 aliphatic carbocycles. The summed E-state index contributed by atoms with van der Waals surface area (Å²) in [5.74, 6) is 0.119. The predicted molar refractivity (Wildman–Crippen MR) is 119 cm³/mol. The molecule has 0 radical (unpaired) electrons. The number of H-pyrrole nitrogens is 1. The number of carbonyl (C=O) groups excluding carboxylic acids is 1. The van der Waals surface area contributed by atoms with Crippen LogP contribution in [0.2, 0.25) is 0 Å². The van der Waals surface area contributed by atoms with Gasteiger partial charge in [0.2, 0.25) is 5.91 Å². The van der Waals surface area contributed by atoms with Crippen LogP contribution in [0, 0.1) is 5.82 Å². The van der Waals surface area contributed by atoms with Crippen LogP contribution in [0.1, 0.15) is 54.6 Å². The number of nitrogens with zero attached hydrogens (tertiary/aromatic N) is 4. The third-order valence-electron chi connectivity index (χ3n) is 6.73. The number of aromatic amines is 1. The molecule has 1 aromatic carbocycles. The highest BCUT2D eigenvalue weighted by atomic mass is 19.1. The molecule has 7 nitrogen and oxygen atoms in total. The molecule has 0 spiro atoms. The molecule has 1 fully saturated rings. The third-order valence-corrected chi connectivity index (χ3v) is 6.73. The van der Waals surface area contributed by atoms with Gasteiger partial charge < -0.3 is 4.90 Å². The number of halogens is 1. The number of likely N-dealkylation sites (tertiary alicyclic amines) is 1. The lowest BCUT2D eigenvalue weighted by atomic mass is 9.94. The number of hydrogen-bond acceptors (Lipinski definition) is 4. The molecule has 1 saturated heterocycles. The van der Waals surface area contributed by atoms with Crippen molar-refractivity contribution >= 4 is 11.6 Å². The minimum absolute atomic E-state index is 0.0597. The van der Waals surface area contributed by atoms with Gasteiger partial charge in [0.25, 0.3) is 5.56 Å². The van der Waals surface area contributed by atoms with Gasteiger partial charge in [-0.3, -0.25) is 19.6 Å². The Hall–Kier alpha value is -3.00. The van der Waals surface area contributed by atoms with E-state index in [-0.39, 0.29) is 23.2 Å². The summed E-state index contributed by atoms with van der Waals surface area (Å²) in [4.78, 5) is 34.0. The van der Waals surface area contributed by atoms with Crippen molar-refractivity contribution in [3.63, 3.8) is 0 Å². The zero-order valence-corrected chi connectivity index (χ0v) is 18.3. The number of hydrogen-bond donors (Lipinski definition) is 1. The van der Waals surface area contributed by atoms with E-state index >= 15 is 0 Å². The Bertz CT molecular complexity index is 1220. The summed E-state index contributed by atoms with van der Waals surface area (Å²) in [5.41, 5.74) is 3.60. The third kappa shape index (κ3) is 3.83. The van der Waals surface area contributed by atoms with Gasteiger partial charge in [0.15, 0.2) is 5.65 Å². The molecule has 0 saturated carbocycles. The molecule has 1 amide bonds. The first kappa shape index (κ1) is 20.9. The van der Waals surface area contributed by atoms with Crippen LogP contribution in [0.25, 0.3) is 5.65 Å². The first-order valence-corrected chi connectivity index (χ1v) is 11.4. The average Bonchev–Trinajstić information content (AvgIpc) is 3.25. The van der Waals surface area contributed by atoms with Crippen LogP contribution in [0.15, 0.2) is 35.1 Å². The van der Waals surface area contributed by atoms with Gasteiger partial charge in [-0.1, -0.05) is 25.1 Å². The highest BCUT2D eigenvalue weighted by Gasteiger charge is 2.27. The van der Waals surface area contributed by atoms with Gasteiger partial charge in [0.1, 0.15) is 5.82 Å². The van der Waals surface area contributed by atoms with E-state index in [0.29, 0.717) is 49.2 Å². The van der Waals surface area contributed by atoms with Crippen LogP contribution < -0.4 is 5.56 Å². The molecule has 5 rings (SSSR count). The van der Waals surface area contributed by atoms with Crippen molar-refractivity contribution in [3.8, 4) is 0 Å². The number of carbonyl (C=O) groups is 1. The second kappa shape index (κ2) is 8.50. The molecule has 3 aromatic rings. The molecular formula is C24H28FN5O2. The van der Waals surface area contributed by atoms with Crippen molar-refractivity contribution in [2.24, 2.45) is 0 Å². The fourth-order valence-corrected chi connectivity index (χ4v) is 4.97. The lowest BCUT2D eigenvalue weighted by molar-refractivity contribution is -0.131. The van der Waals surface area contributed by atoms with E-state index < -0.39 is 0 Å². The summed E-state index contributed by atoms with van der Waals surface area (Å²) in [7, 11) is 0. The molecule has 1 N–H and O–H groups in total. The van der Waals surface area contributed by atoms with Crippen molar-refractivity contribution < 1.29 is 9.18 Å². The Balaban J connectivity index is 1.39. The minimum Gasteiger partial charge on any atom is -0.338 e. The number of rotatable bonds is 4. The van der Waals surface area contributed by atoms with Gasteiger partial charge in [0, 0.05) is 55.7 Å². The molecule has 8 heteroatoms. The number of aromatic nitrogens is 3. The zero-order valence-electron chi connectivity index (χ0n) is 18.3. The monoisotopic (exact) mass is 437 g/mol. The molecule has 32 heavy (non-hydrogen) atoms. The van der Waals surface area contributed by atoms with E-state index in [2.05, 4.69) is 10.00 Å². The summed E-state index contributed by atoms with van der Waals surface area (Å²) in [6, 6.07) is 8.89. The maximum atomic E-state index is 14.1. The maximum absolute atomic E-state index is 14.1. The normalized spacial score (nSPS) is 19.3. The van der Waals surface area contributed by atoms with E-state index in [1.807, 2.05) is 25.1 Å². The number of piperidine rings is 1. The Morgan fingerprint density at radius 3 is 2.94 bits per heavy atom. The molecule has 2 aliphatic rings. The van der Waals surface area contributed by atoms with E-state index in [9.17, 15) is 14.0 Å². The van der Waals surface area contributed by atoms with Gasteiger partial charge >= 0.3 is 0 Å². The molecular weight excluding hydrogens is 409 g/mol. The van der Waals surface area contributed by atoms with Crippen molar-refractivity contribution in [2.45, 2.75) is 51.6 Å². The first-order chi connectivity index (χ1) is 15.5. The molecule has 168 valence electrons. The quantitative estimate of drug-likeness (QED) is 0.681. The van der Waals surface area contributed by atoms with Crippen molar-refractivity contribution in [2.75, 3.05) is 19.6 Å². The fraction of sp³-hybridized carbons (Fsp3) is 0.458. The van der Waals surface area contributed by atoms with Crippen LogP contribution in [-0.4, -0.2) is 49.9 Å². The Morgan fingerprint density at radius 2 is 2.12 bits per heavy atom. The number of nitrogens with one attached hydrogen (secondary N) is 1. The van der Waals surface area contributed by atoms with E-state index in [1.165, 1.54) is 10.6 Å². The van der Waals surface area contributed by atoms with Gasteiger partial charge in [-0.15, -0.1) is 0 Å². The lowest BCUT2D eigenvalue weighted by Gasteiger charge is -2.32. The topological polar surface area (TPSA) is 73.7 Å². The van der Waals surface area contributed by atoms with Crippen LogP contribution in [0.5, 0.6) is 0 Å². The molecule has 4 heterocycles. The van der Waals surface area contributed by atoms with Crippen LogP contribution in [0.3, 0.4) is 0 Å². The molecule has 2 aromatic heterocycles. The fourth-order valence-electron chi connectivity index (χ4n) is 4.97. The molecule has 0 unspecified atom stereocenters. The lowest BCUT2D eigenvalue weighted by Crippen LogP contribution is -2.40. The van der Waals surface area contributed by atoms with E-state index in [1.54, 1.807) is 11.0 Å². The number of amides is 1. The molecule has 2 aliphatic heterocycles.